The third-order valence-electron chi connectivity index (χ3n) is 4.04. The normalized spacial score (nSPS) is 12.5. The molecular formula is C18H38N2O2. The molecule has 0 saturated heterocycles. The lowest BCUT2D eigenvalue weighted by Gasteiger charge is -2.14. The zero-order valence-corrected chi connectivity index (χ0v) is 14.8. The molecule has 1 unspecified atom stereocenters. The Morgan fingerprint density at radius 3 is 1.73 bits per heavy atom. The summed E-state index contributed by atoms with van der Waals surface area (Å²) < 4.78 is 0. The van der Waals surface area contributed by atoms with E-state index < -0.39 is 5.97 Å². The fourth-order valence-electron chi connectivity index (χ4n) is 2.60. The van der Waals surface area contributed by atoms with E-state index in [1.54, 1.807) is 0 Å². The van der Waals surface area contributed by atoms with Crippen LogP contribution in [0.3, 0.4) is 0 Å². The summed E-state index contributed by atoms with van der Waals surface area (Å²) in [7, 11) is 0. The summed E-state index contributed by atoms with van der Waals surface area (Å²) in [6.07, 6.45) is 16.4. The van der Waals surface area contributed by atoms with Crippen molar-refractivity contribution in [1.82, 2.24) is 10.6 Å². The first kappa shape index (κ1) is 21.4. The molecule has 3 N–H and O–H groups in total. The zero-order chi connectivity index (χ0) is 16.5. The van der Waals surface area contributed by atoms with Gasteiger partial charge >= 0.3 is 5.97 Å². The predicted molar refractivity (Wildman–Crippen MR) is 94.2 cm³/mol. The largest absolute Gasteiger partial charge is 0.480 e. The van der Waals surface area contributed by atoms with Gasteiger partial charge in [-0.25, -0.2) is 0 Å². The highest BCUT2D eigenvalue weighted by Gasteiger charge is 2.02. The molecule has 4 nitrogen and oxygen atoms in total. The molecule has 0 aromatic carbocycles. The van der Waals surface area contributed by atoms with Crippen LogP contribution in [-0.4, -0.2) is 30.3 Å². The maximum absolute atomic E-state index is 10.4. The first-order valence-corrected chi connectivity index (χ1v) is 9.35. The fraction of sp³-hybridized carbons (Fsp3) is 0.944. The Morgan fingerprint density at radius 2 is 1.27 bits per heavy atom. The van der Waals surface area contributed by atoms with Gasteiger partial charge in [-0.05, 0) is 19.9 Å². The maximum Gasteiger partial charge on any atom is 0.317 e. The Hall–Kier alpha value is -0.610. The maximum atomic E-state index is 10.4. The molecule has 0 rings (SSSR count). The van der Waals surface area contributed by atoms with Crippen LogP contribution < -0.4 is 10.6 Å². The van der Waals surface area contributed by atoms with Crippen molar-refractivity contribution in [2.45, 2.75) is 97.1 Å². The SMILES string of the molecule is CCCCCCCCCCCCCCNC(C)NCC(=O)O. The summed E-state index contributed by atoms with van der Waals surface area (Å²) in [5.41, 5.74) is 0. The molecule has 0 aliphatic rings. The van der Waals surface area contributed by atoms with Crippen molar-refractivity contribution in [1.29, 1.82) is 0 Å². The van der Waals surface area contributed by atoms with Crippen LogP contribution >= 0.6 is 0 Å². The molecule has 0 fully saturated rings. The van der Waals surface area contributed by atoms with Gasteiger partial charge in [-0.3, -0.25) is 10.1 Å². The average Bonchev–Trinajstić information content (AvgIpc) is 2.49. The number of unbranched alkanes of at least 4 members (excludes halogenated alkanes) is 11. The van der Waals surface area contributed by atoms with E-state index in [0.717, 1.165) is 6.54 Å². The van der Waals surface area contributed by atoms with E-state index in [0.29, 0.717) is 0 Å². The second kappa shape index (κ2) is 16.8. The molecule has 0 saturated carbocycles. The van der Waals surface area contributed by atoms with Crippen LogP contribution in [0, 0.1) is 0 Å². The Labute approximate surface area is 137 Å². The highest BCUT2D eigenvalue weighted by molar-refractivity contribution is 5.69. The average molecular weight is 315 g/mol. The first-order chi connectivity index (χ1) is 10.7. The van der Waals surface area contributed by atoms with Crippen molar-refractivity contribution in [2.75, 3.05) is 13.1 Å². The molecule has 22 heavy (non-hydrogen) atoms. The van der Waals surface area contributed by atoms with Gasteiger partial charge in [0.15, 0.2) is 0 Å². The van der Waals surface area contributed by atoms with Crippen molar-refractivity contribution in [3.63, 3.8) is 0 Å². The first-order valence-electron chi connectivity index (χ1n) is 9.35. The van der Waals surface area contributed by atoms with Gasteiger partial charge in [0, 0.05) is 0 Å². The van der Waals surface area contributed by atoms with Crippen molar-refractivity contribution in [3.8, 4) is 0 Å². The van der Waals surface area contributed by atoms with Gasteiger partial charge in [0.2, 0.25) is 0 Å². The van der Waals surface area contributed by atoms with Crippen molar-refractivity contribution < 1.29 is 9.90 Å². The van der Waals surface area contributed by atoms with Crippen molar-refractivity contribution in [3.05, 3.63) is 0 Å². The number of carboxylic acid groups (broad SMARTS) is 1. The molecule has 1 atom stereocenters. The highest BCUT2D eigenvalue weighted by atomic mass is 16.4. The summed E-state index contributed by atoms with van der Waals surface area (Å²) in [5, 5.41) is 14.8. The second-order valence-corrected chi connectivity index (χ2v) is 6.34. The van der Waals surface area contributed by atoms with Crippen LogP contribution in [0.5, 0.6) is 0 Å². The standard InChI is InChI=1S/C18H38N2O2/c1-3-4-5-6-7-8-9-10-11-12-13-14-15-19-17(2)20-16-18(21)22/h17,19-20H,3-16H2,1-2H3,(H,21,22). The predicted octanol–water partition coefficient (Wildman–Crippen LogP) is 4.30. The van der Waals surface area contributed by atoms with Gasteiger partial charge in [-0.15, -0.1) is 0 Å². The van der Waals surface area contributed by atoms with Gasteiger partial charge in [-0.2, -0.15) is 0 Å². The minimum Gasteiger partial charge on any atom is -0.480 e. The van der Waals surface area contributed by atoms with E-state index in [1.807, 2.05) is 6.92 Å². The molecular weight excluding hydrogens is 276 g/mol. The van der Waals surface area contributed by atoms with E-state index in [2.05, 4.69) is 17.6 Å². The summed E-state index contributed by atoms with van der Waals surface area (Å²) in [5.74, 6) is -0.806. The van der Waals surface area contributed by atoms with E-state index in [9.17, 15) is 4.79 Å². The topological polar surface area (TPSA) is 61.4 Å². The lowest BCUT2D eigenvalue weighted by molar-refractivity contribution is -0.136. The molecule has 0 aliphatic heterocycles. The smallest absolute Gasteiger partial charge is 0.317 e. The molecule has 0 spiro atoms. The molecule has 0 aromatic rings. The van der Waals surface area contributed by atoms with E-state index >= 15 is 0 Å². The number of nitrogens with one attached hydrogen (secondary N) is 2. The zero-order valence-electron chi connectivity index (χ0n) is 14.8. The Balaban J connectivity index is 3.09. The molecule has 0 radical (unpaired) electrons. The van der Waals surface area contributed by atoms with Gasteiger partial charge in [0.1, 0.15) is 0 Å². The third kappa shape index (κ3) is 17.4. The molecule has 0 aromatic heterocycles. The van der Waals surface area contributed by atoms with Gasteiger partial charge < -0.3 is 10.4 Å². The minimum absolute atomic E-state index is 0.0204. The molecule has 0 bridgehead atoms. The van der Waals surface area contributed by atoms with Crippen LogP contribution in [0.2, 0.25) is 0 Å². The lowest BCUT2D eigenvalue weighted by atomic mass is 10.1. The van der Waals surface area contributed by atoms with Gasteiger partial charge in [-0.1, -0.05) is 77.6 Å². The number of hydrogen-bond acceptors (Lipinski definition) is 3. The van der Waals surface area contributed by atoms with Gasteiger partial charge in [0.25, 0.3) is 0 Å². The Kier molecular flexibility index (Phi) is 16.3. The third-order valence-corrected chi connectivity index (χ3v) is 4.04. The summed E-state index contributed by atoms with van der Waals surface area (Å²) in [4.78, 5) is 10.4. The van der Waals surface area contributed by atoms with Crippen LogP contribution in [0.4, 0.5) is 0 Å². The number of carboxylic acids is 1. The minimum atomic E-state index is -0.806. The highest BCUT2D eigenvalue weighted by Crippen LogP contribution is 2.11. The number of aliphatic carboxylic acids is 1. The Morgan fingerprint density at radius 1 is 0.818 bits per heavy atom. The number of rotatable bonds is 17. The molecule has 0 heterocycles. The van der Waals surface area contributed by atoms with Crippen LogP contribution in [0.1, 0.15) is 90.9 Å². The Bertz CT molecular complexity index is 247. The van der Waals surface area contributed by atoms with Crippen LogP contribution in [0.25, 0.3) is 0 Å². The van der Waals surface area contributed by atoms with Crippen LogP contribution in [0.15, 0.2) is 0 Å². The van der Waals surface area contributed by atoms with Crippen LogP contribution in [-0.2, 0) is 4.79 Å². The second-order valence-electron chi connectivity index (χ2n) is 6.34. The number of hydrogen-bond donors (Lipinski definition) is 3. The summed E-state index contributed by atoms with van der Waals surface area (Å²) >= 11 is 0. The summed E-state index contributed by atoms with van der Waals surface area (Å²) in [6, 6.07) is 0. The molecule has 0 amide bonds. The fourth-order valence-corrected chi connectivity index (χ4v) is 2.60. The van der Waals surface area contributed by atoms with Crippen molar-refractivity contribution in [2.24, 2.45) is 0 Å². The van der Waals surface area contributed by atoms with E-state index in [4.69, 9.17) is 5.11 Å². The lowest BCUT2D eigenvalue weighted by Crippen LogP contribution is -2.42. The van der Waals surface area contributed by atoms with Crippen molar-refractivity contribution >= 4 is 5.97 Å². The summed E-state index contributed by atoms with van der Waals surface area (Å²) in [6.45, 7) is 5.21. The molecule has 4 heteroatoms. The van der Waals surface area contributed by atoms with E-state index in [-0.39, 0.29) is 12.7 Å². The quantitative estimate of drug-likeness (QED) is 0.277. The molecule has 0 aliphatic carbocycles. The van der Waals surface area contributed by atoms with Gasteiger partial charge in [0.05, 0.1) is 12.7 Å². The monoisotopic (exact) mass is 314 g/mol. The molecule has 132 valence electrons. The number of carbonyl (C=O) groups is 1. The van der Waals surface area contributed by atoms with E-state index in [1.165, 1.54) is 77.0 Å².